The average molecular weight is 348 g/mol. The number of rotatable bonds is 5. The predicted molar refractivity (Wildman–Crippen MR) is 90.3 cm³/mol. The summed E-state index contributed by atoms with van der Waals surface area (Å²) in [6.07, 6.45) is 0. The molecule has 126 valence electrons. The maximum Gasteiger partial charge on any atom is 0.341 e. The number of carbonyl (C=O) groups is 2. The number of thiophene rings is 1. The van der Waals surface area contributed by atoms with E-state index < -0.39 is 10.9 Å². The molecule has 1 N–H and O–H groups in total. The van der Waals surface area contributed by atoms with Crippen molar-refractivity contribution < 1.29 is 19.2 Å². The Morgan fingerprint density at radius 3 is 2.58 bits per heavy atom. The molecular formula is C16H16N2O5S. The lowest BCUT2D eigenvalue weighted by Crippen LogP contribution is -2.12. The second-order valence-electron chi connectivity index (χ2n) is 5.13. The van der Waals surface area contributed by atoms with Crippen molar-refractivity contribution in [2.75, 3.05) is 5.32 Å². The molecule has 24 heavy (non-hydrogen) atoms. The Morgan fingerprint density at radius 1 is 1.29 bits per heavy atom. The van der Waals surface area contributed by atoms with Gasteiger partial charge in [0.1, 0.15) is 11.6 Å². The molecule has 0 saturated carbocycles. The third kappa shape index (κ3) is 3.77. The van der Waals surface area contributed by atoms with Crippen LogP contribution in [0.5, 0.6) is 0 Å². The third-order valence-electron chi connectivity index (χ3n) is 3.43. The lowest BCUT2D eigenvalue weighted by atomic mass is 10.1. The molecule has 0 aliphatic heterocycles. The molecule has 0 radical (unpaired) electrons. The Labute approximate surface area is 142 Å². The highest BCUT2D eigenvalue weighted by molar-refractivity contribution is 7.16. The SMILES string of the molecule is CC(=O)Nc1sc(C)c(C)c1C(=O)OCc1ccccc1[N+](=O)[O-]. The molecule has 0 aliphatic carbocycles. The fourth-order valence-corrected chi connectivity index (χ4v) is 3.24. The number of carbonyl (C=O) groups excluding carboxylic acids is 2. The molecule has 0 atom stereocenters. The van der Waals surface area contributed by atoms with Gasteiger partial charge in [-0.1, -0.05) is 12.1 Å². The number of ether oxygens (including phenoxy) is 1. The summed E-state index contributed by atoms with van der Waals surface area (Å²) in [7, 11) is 0. The summed E-state index contributed by atoms with van der Waals surface area (Å²) in [6.45, 7) is 4.74. The van der Waals surface area contributed by atoms with Gasteiger partial charge in [-0.15, -0.1) is 11.3 Å². The largest absolute Gasteiger partial charge is 0.457 e. The van der Waals surface area contributed by atoms with Crippen molar-refractivity contribution >= 4 is 33.9 Å². The molecule has 1 heterocycles. The number of anilines is 1. The van der Waals surface area contributed by atoms with Crippen LogP contribution >= 0.6 is 11.3 Å². The summed E-state index contributed by atoms with van der Waals surface area (Å²) < 4.78 is 5.23. The number of nitrogens with zero attached hydrogens (tertiary/aromatic N) is 1. The van der Waals surface area contributed by atoms with Crippen molar-refractivity contribution in [3.05, 3.63) is 55.9 Å². The number of esters is 1. The highest BCUT2D eigenvalue weighted by Crippen LogP contribution is 2.33. The number of benzene rings is 1. The van der Waals surface area contributed by atoms with E-state index in [0.717, 1.165) is 10.4 Å². The quantitative estimate of drug-likeness (QED) is 0.506. The average Bonchev–Trinajstić information content (AvgIpc) is 2.78. The summed E-state index contributed by atoms with van der Waals surface area (Å²) in [6, 6.07) is 6.07. The van der Waals surface area contributed by atoms with E-state index >= 15 is 0 Å². The van der Waals surface area contributed by atoms with Gasteiger partial charge in [-0.25, -0.2) is 4.79 Å². The van der Waals surface area contributed by atoms with Crippen LogP contribution in [-0.4, -0.2) is 16.8 Å². The van der Waals surface area contributed by atoms with E-state index in [0.29, 0.717) is 10.6 Å². The zero-order valence-electron chi connectivity index (χ0n) is 13.4. The van der Waals surface area contributed by atoms with Crippen LogP contribution in [0.25, 0.3) is 0 Å². The van der Waals surface area contributed by atoms with Gasteiger partial charge in [0.05, 0.1) is 16.1 Å². The first-order chi connectivity index (χ1) is 11.3. The maximum absolute atomic E-state index is 12.4. The topological polar surface area (TPSA) is 98.5 Å². The summed E-state index contributed by atoms with van der Waals surface area (Å²) in [5.41, 5.74) is 1.20. The van der Waals surface area contributed by atoms with Crippen LogP contribution in [-0.2, 0) is 16.1 Å². The molecule has 8 heteroatoms. The van der Waals surface area contributed by atoms with Crippen molar-refractivity contribution in [2.24, 2.45) is 0 Å². The van der Waals surface area contributed by atoms with Crippen LogP contribution in [0, 0.1) is 24.0 Å². The smallest absolute Gasteiger partial charge is 0.341 e. The van der Waals surface area contributed by atoms with Crippen LogP contribution in [0.4, 0.5) is 10.7 Å². The highest BCUT2D eigenvalue weighted by Gasteiger charge is 2.22. The first-order valence-corrected chi connectivity index (χ1v) is 7.90. The van der Waals surface area contributed by atoms with E-state index in [1.807, 2.05) is 6.92 Å². The third-order valence-corrected chi connectivity index (χ3v) is 4.55. The normalized spacial score (nSPS) is 10.3. The van der Waals surface area contributed by atoms with Crippen LogP contribution in [0.2, 0.25) is 0 Å². The molecule has 0 fully saturated rings. The Bertz CT molecular complexity index is 813. The van der Waals surface area contributed by atoms with E-state index in [2.05, 4.69) is 5.32 Å². The molecule has 0 aliphatic rings. The van der Waals surface area contributed by atoms with Crippen LogP contribution in [0.1, 0.15) is 33.3 Å². The van der Waals surface area contributed by atoms with Crippen molar-refractivity contribution in [1.82, 2.24) is 0 Å². The standard InChI is InChI=1S/C16H16N2O5S/c1-9-10(2)24-15(17-11(3)19)14(9)16(20)23-8-12-6-4-5-7-13(12)18(21)22/h4-7H,8H2,1-3H3,(H,17,19). The summed E-state index contributed by atoms with van der Waals surface area (Å²) in [4.78, 5) is 35.0. The number of hydrogen-bond donors (Lipinski definition) is 1. The van der Waals surface area contributed by atoms with Gasteiger partial charge in [0.25, 0.3) is 5.69 Å². The van der Waals surface area contributed by atoms with Gasteiger partial charge >= 0.3 is 5.97 Å². The maximum atomic E-state index is 12.4. The van der Waals surface area contributed by atoms with Crippen molar-refractivity contribution in [1.29, 1.82) is 0 Å². The van der Waals surface area contributed by atoms with Gasteiger partial charge in [-0.3, -0.25) is 14.9 Å². The predicted octanol–water partition coefficient (Wildman–Crippen LogP) is 3.59. The second-order valence-corrected chi connectivity index (χ2v) is 6.36. The molecular weight excluding hydrogens is 332 g/mol. The molecule has 0 bridgehead atoms. The molecule has 0 unspecified atom stereocenters. The summed E-state index contributed by atoms with van der Waals surface area (Å²) in [5.74, 6) is -0.914. The molecule has 2 rings (SSSR count). The zero-order chi connectivity index (χ0) is 17.9. The van der Waals surface area contributed by atoms with Crippen LogP contribution in [0.3, 0.4) is 0 Å². The minimum atomic E-state index is -0.626. The number of hydrogen-bond acceptors (Lipinski definition) is 6. The van der Waals surface area contributed by atoms with Crippen LogP contribution in [0.15, 0.2) is 24.3 Å². The van der Waals surface area contributed by atoms with Gasteiger partial charge < -0.3 is 10.1 Å². The van der Waals surface area contributed by atoms with Gasteiger partial charge in [0, 0.05) is 17.9 Å². The summed E-state index contributed by atoms with van der Waals surface area (Å²) in [5, 5.41) is 14.0. The Morgan fingerprint density at radius 2 is 1.96 bits per heavy atom. The van der Waals surface area contributed by atoms with Crippen molar-refractivity contribution in [2.45, 2.75) is 27.4 Å². The lowest BCUT2D eigenvalue weighted by molar-refractivity contribution is -0.385. The second kappa shape index (κ2) is 7.22. The van der Waals surface area contributed by atoms with E-state index in [4.69, 9.17) is 4.74 Å². The summed E-state index contributed by atoms with van der Waals surface area (Å²) >= 11 is 1.29. The first-order valence-electron chi connectivity index (χ1n) is 7.08. The molecule has 1 aromatic heterocycles. The van der Waals surface area contributed by atoms with Crippen molar-refractivity contribution in [3.63, 3.8) is 0 Å². The minimum absolute atomic E-state index is 0.106. The molecule has 0 saturated heterocycles. The van der Waals surface area contributed by atoms with Gasteiger partial charge in [0.15, 0.2) is 0 Å². The molecule has 0 spiro atoms. The zero-order valence-corrected chi connectivity index (χ0v) is 14.2. The van der Waals surface area contributed by atoms with E-state index in [1.54, 1.807) is 19.1 Å². The van der Waals surface area contributed by atoms with Crippen molar-refractivity contribution in [3.8, 4) is 0 Å². The number of nitro groups is 1. The molecule has 2 aromatic rings. The number of nitro benzene ring substituents is 1. The van der Waals surface area contributed by atoms with E-state index in [1.165, 1.54) is 30.4 Å². The lowest BCUT2D eigenvalue weighted by Gasteiger charge is -2.08. The minimum Gasteiger partial charge on any atom is -0.457 e. The Hall–Kier alpha value is -2.74. The first kappa shape index (κ1) is 17.6. The molecule has 7 nitrogen and oxygen atoms in total. The fraction of sp³-hybridized carbons (Fsp3) is 0.250. The number of nitrogens with one attached hydrogen (secondary N) is 1. The monoisotopic (exact) mass is 348 g/mol. The van der Waals surface area contributed by atoms with Crippen LogP contribution < -0.4 is 5.32 Å². The molecule has 1 amide bonds. The Balaban J connectivity index is 2.22. The van der Waals surface area contributed by atoms with Gasteiger partial charge in [0.2, 0.25) is 5.91 Å². The number of para-hydroxylation sites is 1. The Kier molecular flexibility index (Phi) is 5.30. The van der Waals surface area contributed by atoms with E-state index in [-0.39, 0.29) is 23.8 Å². The fourth-order valence-electron chi connectivity index (χ4n) is 2.15. The number of amides is 1. The van der Waals surface area contributed by atoms with E-state index in [9.17, 15) is 19.7 Å². The van der Waals surface area contributed by atoms with Gasteiger partial charge in [-0.2, -0.15) is 0 Å². The number of aryl methyl sites for hydroxylation is 1. The highest BCUT2D eigenvalue weighted by atomic mass is 32.1. The van der Waals surface area contributed by atoms with Gasteiger partial charge in [-0.05, 0) is 25.5 Å². The molecule has 1 aromatic carbocycles.